The monoisotopic (exact) mass is 259 g/mol. The molecule has 19 heavy (non-hydrogen) atoms. The summed E-state index contributed by atoms with van der Waals surface area (Å²) >= 11 is 0. The predicted molar refractivity (Wildman–Crippen MR) is 76.0 cm³/mol. The van der Waals surface area contributed by atoms with Crippen molar-refractivity contribution in [2.75, 3.05) is 6.61 Å². The van der Waals surface area contributed by atoms with Crippen molar-refractivity contribution in [3.8, 4) is 5.75 Å². The van der Waals surface area contributed by atoms with Crippen molar-refractivity contribution in [3.05, 3.63) is 48.5 Å². The summed E-state index contributed by atoms with van der Waals surface area (Å²) in [4.78, 5) is 4.00. The first kappa shape index (κ1) is 13.6. The lowest BCUT2D eigenvalue weighted by molar-refractivity contribution is 0.301. The first-order chi connectivity index (χ1) is 9.29. The Balaban J connectivity index is 1.74. The summed E-state index contributed by atoms with van der Waals surface area (Å²) in [7, 11) is 0. The average molecular weight is 259 g/mol. The highest BCUT2D eigenvalue weighted by atomic mass is 16.5. The molecule has 0 spiro atoms. The van der Waals surface area contributed by atoms with Crippen LogP contribution in [-0.4, -0.2) is 16.2 Å². The third-order valence-electron chi connectivity index (χ3n) is 3.14. The van der Waals surface area contributed by atoms with Gasteiger partial charge in [0.2, 0.25) is 0 Å². The summed E-state index contributed by atoms with van der Waals surface area (Å²) in [6.07, 6.45) is 7.48. The van der Waals surface area contributed by atoms with E-state index in [1.54, 1.807) is 6.20 Å². The fourth-order valence-corrected chi connectivity index (χ4v) is 1.90. The van der Waals surface area contributed by atoms with Gasteiger partial charge in [-0.3, -0.25) is 0 Å². The number of benzene rings is 1. The number of ether oxygens (including phenoxy) is 1. The number of aromatic nitrogens is 2. The fourth-order valence-electron chi connectivity index (χ4n) is 1.90. The van der Waals surface area contributed by atoms with E-state index < -0.39 is 0 Å². The molecule has 0 aliphatic rings. The van der Waals surface area contributed by atoms with Gasteiger partial charge < -0.3 is 15.0 Å². The van der Waals surface area contributed by atoms with Crippen LogP contribution in [0, 0.1) is 0 Å². The zero-order valence-electron chi connectivity index (χ0n) is 11.3. The van der Waals surface area contributed by atoms with Crippen molar-refractivity contribution < 1.29 is 4.74 Å². The second kappa shape index (κ2) is 6.95. The van der Waals surface area contributed by atoms with E-state index in [1.165, 1.54) is 0 Å². The van der Waals surface area contributed by atoms with Gasteiger partial charge in [0.15, 0.2) is 0 Å². The SMILES string of the molecule is CCC(N)c1ccc(OCCCn2ccnc2)cc1. The maximum Gasteiger partial charge on any atom is 0.119 e. The molecule has 0 amide bonds. The molecule has 102 valence electrons. The average Bonchev–Trinajstić information content (AvgIpc) is 2.96. The van der Waals surface area contributed by atoms with Gasteiger partial charge in [-0.25, -0.2) is 4.98 Å². The van der Waals surface area contributed by atoms with Gasteiger partial charge in [-0.15, -0.1) is 0 Å². The van der Waals surface area contributed by atoms with E-state index in [0.29, 0.717) is 6.61 Å². The second-order valence-electron chi connectivity index (χ2n) is 4.59. The lowest BCUT2D eigenvalue weighted by Gasteiger charge is -2.11. The quantitative estimate of drug-likeness (QED) is 0.778. The van der Waals surface area contributed by atoms with Crippen LogP contribution in [0.3, 0.4) is 0 Å². The topological polar surface area (TPSA) is 53.1 Å². The van der Waals surface area contributed by atoms with Crippen LogP contribution < -0.4 is 10.5 Å². The molecule has 0 fully saturated rings. The number of hydrogen-bond donors (Lipinski definition) is 1. The zero-order valence-corrected chi connectivity index (χ0v) is 11.3. The number of nitrogens with zero attached hydrogens (tertiary/aromatic N) is 2. The van der Waals surface area contributed by atoms with Crippen LogP contribution in [-0.2, 0) is 6.54 Å². The lowest BCUT2D eigenvalue weighted by Crippen LogP contribution is -2.08. The Morgan fingerprint density at radius 2 is 2.11 bits per heavy atom. The van der Waals surface area contributed by atoms with E-state index in [4.69, 9.17) is 10.5 Å². The molecule has 1 aromatic heterocycles. The first-order valence-corrected chi connectivity index (χ1v) is 6.73. The molecule has 0 radical (unpaired) electrons. The third-order valence-corrected chi connectivity index (χ3v) is 3.14. The molecule has 4 heteroatoms. The lowest BCUT2D eigenvalue weighted by atomic mass is 10.1. The van der Waals surface area contributed by atoms with E-state index in [9.17, 15) is 0 Å². The van der Waals surface area contributed by atoms with Crippen molar-refractivity contribution in [3.63, 3.8) is 0 Å². The Morgan fingerprint density at radius 1 is 1.32 bits per heavy atom. The molecule has 4 nitrogen and oxygen atoms in total. The van der Waals surface area contributed by atoms with Crippen LogP contribution >= 0.6 is 0 Å². The van der Waals surface area contributed by atoms with Crippen molar-refractivity contribution in [1.29, 1.82) is 0 Å². The summed E-state index contributed by atoms with van der Waals surface area (Å²) in [6.45, 7) is 3.72. The standard InChI is InChI=1S/C15H21N3O/c1-2-15(16)13-4-6-14(7-5-13)19-11-3-9-18-10-8-17-12-18/h4-8,10,12,15H,2-3,9,11,16H2,1H3. The van der Waals surface area contributed by atoms with Crippen molar-refractivity contribution in [2.45, 2.75) is 32.4 Å². The third kappa shape index (κ3) is 4.10. The summed E-state index contributed by atoms with van der Waals surface area (Å²) in [6, 6.07) is 8.18. The molecule has 0 aliphatic carbocycles. The van der Waals surface area contributed by atoms with Gasteiger partial charge in [0.25, 0.3) is 0 Å². The molecule has 2 rings (SSSR count). The smallest absolute Gasteiger partial charge is 0.119 e. The summed E-state index contributed by atoms with van der Waals surface area (Å²) < 4.78 is 7.75. The molecule has 1 unspecified atom stereocenters. The summed E-state index contributed by atoms with van der Waals surface area (Å²) in [5.41, 5.74) is 7.13. The van der Waals surface area contributed by atoms with Gasteiger partial charge in [-0.1, -0.05) is 19.1 Å². The molecule has 0 aliphatic heterocycles. The Hall–Kier alpha value is -1.81. The van der Waals surface area contributed by atoms with Gasteiger partial charge in [-0.05, 0) is 30.5 Å². The molecule has 0 saturated carbocycles. The highest BCUT2D eigenvalue weighted by molar-refractivity contribution is 5.28. The maximum absolute atomic E-state index is 5.97. The van der Waals surface area contributed by atoms with Gasteiger partial charge in [0.1, 0.15) is 5.75 Å². The molecule has 0 saturated heterocycles. The van der Waals surface area contributed by atoms with Gasteiger partial charge in [-0.2, -0.15) is 0 Å². The van der Waals surface area contributed by atoms with E-state index >= 15 is 0 Å². The van der Waals surface area contributed by atoms with Gasteiger partial charge >= 0.3 is 0 Å². The largest absolute Gasteiger partial charge is 0.494 e. The highest BCUT2D eigenvalue weighted by Gasteiger charge is 2.02. The van der Waals surface area contributed by atoms with Crippen molar-refractivity contribution in [1.82, 2.24) is 9.55 Å². The normalized spacial score (nSPS) is 12.3. The van der Waals surface area contributed by atoms with Crippen LogP contribution in [0.5, 0.6) is 5.75 Å². The highest BCUT2D eigenvalue weighted by Crippen LogP contribution is 2.18. The van der Waals surface area contributed by atoms with Crippen LogP contribution in [0.25, 0.3) is 0 Å². The molecular formula is C15H21N3O. The Bertz CT molecular complexity index is 465. The fraction of sp³-hybridized carbons (Fsp3) is 0.400. The Kier molecular flexibility index (Phi) is 4.98. The minimum Gasteiger partial charge on any atom is -0.494 e. The second-order valence-corrected chi connectivity index (χ2v) is 4.59. The summed E-state index contributed by atoms with van der Waals surface area (Å²) in [5, 5.41) is 0. The summed E-state index contributed by atoms with van der Waals surface area (Å²) in [5.74, 6) is 0.901. The van der Waals surface area contributed by atoms with Crippen LogP contribution in [0.4, 0.5) is 0 Å². The molecule has 1 heterocycles. The van der Waals surface area contributed by atoms with Gasteiger partial charge in [0, 0.05) is 25.0 Å². The predicted octanol–water partition coefficient (Wildman–Crippen LogP) is 2.76. The molecule has 1 aromatic carbocycles. The van der Waals surface area contributed by atoms with Crippen LogP contribution in [0.2, 0.25) is 0 Å². The van der Waals surface area contributed by atoms with Crippen molar-refractivity contribution in [2.24, 2.45) is 5.73 Å². The van der Waals surface area contributed by atoms with Crippen LogP contribution in [0.15, 0.2) is 43.0 Å². The number of nitrogens with two attached hydrogens (primary N) is 1. The molecule has 2 aromatic rings. The molecular weight excluding hydrogens is 238 g/mol. The number of rotatable bonds is 7. The maximum atomic E-state index is 5.97. The molecule has 0 bridgehead atoms. The van der Waals surface area contributed by atoms with Crippen molar-refractivity contribution >= 4 is 0 Å². The number of imidazole rings is 1. The van der Waals surface area contributed by atoms with E-state index in [-0.39, 0.29) is 6.04 Å². The van der Waals surface area contributed by atoms with Crippen LogP contribution in [0.1, 0.15) is 31.4 Å². The Labute approximate surface area is 114 Å². The molecule has 2 N–H and O–H groups in total. The van der Waals surface area contributed by atoms with E-state index in [1.807, 2.05) is 41.4 Å². The number of aryl methyl sites for hydroxylation is 1. The van der Waals surface area contributed by atoms with Gasteiger partial charge in [0.05, 0.1) is 12.9 Å². The minimum atomic E-state index is 0.121. The first-order valence-electron chi connectivity index (χ1n) is 6.73. The van der Waals surface area contributed by atoms with E-state index in [0.717, 1.165) is 30.7 Å². The zero-order chi connectivity index (χ0) is 13.5. The minimum absolute atomic E-state index is 0.121. The Morgan fingerprint density at radius 3 is 2.74 bits per heavy atom. The molecule has 1 atom stereocenters. The number of hydrogen-bond acceptors (Lipinski definition) is 3. The van der Waals surface area contributed by atoms with E-state index in [2.05, 4.69) is 11.9 Å².